The van der Waals surface area contributed by atoms with Crippen molar-refractivity contribution in [3.8, 4) is 22.3 Å². The molecule has 4 aliphatic rings. The first kappa shape index (κ1) is 46.6. The van der Waals surface area contributed by atoms with Crippen LogP contribution in [0.15, 0.2) is 133 Å². The number of fused-ring (bicyclic) bond motifs is 6. The summed E-state index contributed by atoms with van der Waals surface area (Å²) in [5.41, 5.74) is 26.9. The lowest BCUT2D eigenvalue weighted by molar-refractivity contribution is 0.332. The SMILES string of the molecule is Cc1cc(-c2ccccc2)ccc1N1c2cc3c(cc2B2c4cc5c(cc4N(c4ccc(C(C)(C)C)cc4-c4ccccc4)c4cc(C(C)(C)C)cc1c42)C(C)(C)CCC5(C)C)C(C)(C)CCC3(C)C. The topological polar surface area (TPSA) is 6.48 Å². The minimum atomic E-state index is -0.132. The monoisotopic (exact) mass is 919 g/mol. The average Bonchev–Trinajstić information content (AvgIpc) is 3.31. The molecule has 0 saturated heterocycles. The summed E-state index contributed by atoms with van der Waals surface area (Å²) < 4.78 is 0. The van der Waals surface area contributed by atoms with Crippen LogP contribution in [0.3, 0.4) is 0 Å². The number of anilines is 6. The van der Waals surface area contributed by atoms with Crippen LogP contribution in [-0.4, -0.2) is 6.71 Å². The molecule has 2 aliphatic heterocycles. The van der Waals surface area contributed by atoms with E-state index in [1.54, 1.807) is 0 Å². The Kier molecular flexibility index (Phi) is 10.4. The van der Waals surface area contributed by atoms with Gasteiger partial charge in [0.1, 0.15) is 0 Å². The van der Waals surface area contributed by atoms with Crippen LogP contribution in [0, 0.1) is 6.92 Å². The predicted molar refractivity (Wildman–Crippen MR) is 304 cm³/mol. The molecule has 11 rings (SSSR count). The molecular formula is C67H75BN2. The molecule has 7 aromatic carbocycles. The van der Waals surface area contributed by atoms with E-state index in [-0.39, 0.29) is 39.2 Å². The maximum Gasteiger partial charge on any atom is 0.252 e. The molecule has 0 N–H and O–H groups in total. The second kappa shape index (κ2) is 15.6. The Hall–Kier alpha value is -5.80. The van der Waals surface area contributed by atoms with Gasteiger partial charge in [0, 0.05) is 34.0 Å². The largest absolute Gasteiger partial charge is 0.311 e. The van der Waals surface area contributed by atoms with Crippen LogP contribution in [0.4, 0.5) is 34.1 Å². The maximum atomic E-state index is 2.73. The van der Waals surface area contributed by atoms with Crippen molar-refractivity contribution in [1.82, 2.24) is 0 Å². The van der Waals surface area contributed by atoms with Crippen LogP contribution in [0.1, 0.15) is 162 Å². The van der Waals surface area contributed by atoms with Gasteiger partial charge in [-0.15, -0.1) is 0 Å². The van der Waals surface area contributed by atoms with Gasteiger partial charge in [-0.2, -0.15) is 0 Å². The van der Waals surface area contributed by atoms with Gasteiger partial charge in [0.05, 0.1) is 5.69 Å². The molecule has 3 heteroatoms. The summed E-state index contributed by atoms with van der Waals surface area (Å²) in [4.78, 5) is 5.43. The molecule has 0 amide bonds. The van der Waals surface area contributed by atoms with Gasteiger partial charge < -0.3 is 9.80 Å². The van der Waals surface area contributed by atoms with E-state index >= 15 is 0 Å². The van der Waals surface area contributed by atoms with Crippen molar-refractivity contribution >= 4 is 57.2 Å². The van der Waals surface area contributed by atoms with Crippen molar-refractivity contribution in [3.05, 3.63) is 172 Å². The first-order chi connectivity index (χ1) is 32.9. The molecule has 0 radical (unpaired) electrons. The number of rotatable bonds is 4. The van der Waals surface area contributed by atoms with Crippen LogP contribution >= 0.6 is 0 Å². The third kappa shape index (κ3) is 7.34. The first-order valence-corrected chi connectivity index (χ1v) is 26.4. The van der Waals surface area contributed by atoms with E-state index in [0.29, 0.717) is 0 Å². The molecule has 0 unspecified atom stereocenters. The summed E-state index contributed by atoms with van der Waals surface area (Å²) in [6, 6.07) is 52.6. The number of aryl methyl sites for hydroxylation is 1. The summed E-state index contributed by atoms with van der Waals surface area (Å²) in [6.45, 7) is 36.6. The van der Waals surface area contributed by atoms with E-state index in [9.17, 15) is 0 Å². The Morgan fingerprint density at radius 2 is 0.814 bits per heavy atom. The molecule has 0 saturated carbocycles. The Labute approximate surface area is 421 Å². The lowest BCUT2D eigenvalue weighted by Crippen LogP contribution is -2.62. The van der Waals surface area contributed by atoms with Gasteiger partial charge >= 0.3 is 0 Å². The van der Waals surface area contributed by atoms with Gasteiger partial charge in [-0.05, 0) is 186 Å². The van der Waals surface area contributed by atoms with Crippen molar-refractivity contribution in [3.63, 3.8) is 0 Å². The Morgan fingerprint density at radius 1 is 0.386 bits per heavy atom. The zero-order valence-corrected chi connectivity index (χ0v) is 45.0. The zero-order chi connectivity index (χ0) is 49.7. The molecule has 7 aromatic rings. The molecule has 0 atom stereocenters. The van der Waals surface area contributed by atoms with Gasteiger partial charge in [0.25, 0.3) is 6.71 Å². The highest BCUT2D eigenvalue weighted by atomic mass is 15.2. The van der Waals surface area contributed by atoms with E-state index in [2.05, 4.69) is 247 Å². The number of hydrogen-bond donors (Lipinski definition) is 0. The standard InChI is InChI=1S/C67H75BN2/c1-42-34-45(43-22-18-16-19-23-43)26-28-55(42)69-57-40-51-49(64(8,9)30-32-66(51,12)13)38-53(57)68-54-39-50-52(67(14,15)33-31-65(50,10)11)41-58(54)70(60-37-47(63(5,6)7)36-59(69)61(60)68)56-29-27-46(62(2,3)4)35-48(56)44-24-20-17-21-25-44/h16-29,34-41H,30-33H2,1-15H3. The van der Waals surface area contributed by atoms with Crippen molar-refractivity contribution in [2.45, 2.75) is 162 Å². The van der Waals surface area contributed by atoms with Gasteiger partial charge in [-0.25, -0.2) is 0 Å². The number of hydrogen-bond acceptors (Lipinski definition) is 2. The number of benzene rings is 7. The smallest absolute Gasteiger partial charge is 0.252 e. The van der Waals surface area contributed by atoms with Gasteiger partial charge in [0.2, 0.25) is 0 Å². The lowest BCUT2D eigenvalue weighted by atomic mass is 9.32. The lowest BCUT2D eigenvalue weighted by Gasteiger charge is -2.49. The van der Waals surface area contributed by atoms with Crippen molar-refractivity contribution < 1.29 is 0 Å². The average molecular weight is 919 g/mol. The van der Waals surface area contributed by atoms with Crippen molar-refractivity contribution in [2.75, 3.05) is 9.80 Å². The van der Waals surface area contributed by atoms with Gasteiger partial charge in [-0.1, -0.05) is 182 Å². The van der Waals surface area contributed by atoms with Gasteiger partial charge in [0.15, 0.2) is 0 Å². The normalized spacial score (nSPS) is 18.1. The second-order valence-electron chi connectivity index (χ2n) is 26.4. The van der Waals surface area contributed by atoms with Crippen LogP contribution in [0.25, 0.3) is 22.3 Å². The molecule has 2 aliphatic carbocycles. The van der Waals surface area contributed by atoms with Crippen LogP contribution < -0.4 is 26.2 Å². The van der Waals surface area contributed by atoms with Gasteiger partial charge in [-0.3, -0.25) is 0 Å². The number of nitrogens with zero attached hydrogens (tertiary/aromatic N) is 2. The highest BCUT2D eigenvalue weighted by Gasteiger charge is 2.49. The molecule has 0 spiro atoms. The highest BCUT2D eigenvalue weighted by molar-refractivity contribution is 7.00. The summed E-state index contributed by atoms with van der Waals surface area (Å²) in [6.07, 6.45) is 4.67. The summed E-state index contributed by atoms with van der Waals surface area (Å²) in [5, 5.41) is 0. The van der Waals surface area contributed by atoms with Crippen LogP contribution in [0.5, 0.6) is 0 Å². The minimum absolute atomic E-state index is 0.0201. The molecule has 70 heavy (non-hydrogen) atoms. The maximum absolute atomic E-state index is 2.73. The van der Waals surface area contributed by atoms with E-state index in [0.717, 1.165) is 6.42 Å². The molecule has 2 nitrogen and oxygen atoms in total. The first-order valence-electron chi connectivity index (χ1n) is 26.4. The third-order valence-corrected chi connectivity index (χ3v) is 17.6. The van der Waals surface area contributed by atoms with Crippen molar-refractivity contribution in [1.29, 1.82) is 0 Å². The highest BCUT2D eigenvalue weighted by Crippen LogP contribution is 2.54. The van der Waals surface area contributed by atoms with Crippen LogP contribution in [-0.2, 0) is 32.5 Å². The summed E-state index contributed by atoms with van der Waals surface area (Å²) in [7, 11) is 0. The summed E-state index contributed by atoms with van der Waals surface area (Å²) >= 11 is 0. The van der Waals surface area contributed by atoms with Crippen LogP contribution in [0.2, 0.25) is 0 Å². The Morgan fingerprint density at radius 3 is 1.27 bits per heavy atom. The molecule has 2 heterocycles. The predicted octanol–water partition coefficient (Wildman–Crippen LogP) is 16.7. The van der Waals surface area contributed by atoms with E-state index in [1.807, 2.05) is 0 Å². The molecule has 0 aromatic heterocycles. The van der Waals surface area contributed by atoms with Crippen molar-refractivity contribution in [2.24, 2.45) is 0 Å². The Balaban J connectivity index is 1.31. The zero-order valence-electron chi connectivity index (χ0n) is 45.0. The minimum Gasteiger partial charge on any atom is -0.311 e. The molecule has 0 bridgehead atoms. The molecule has 356 valence electrons. The fourth-order valence-corrected chi connectivity index (χ4v) is 12.8. The van der Waals surface area contributed by atoms with E-state index < -0.39 is 0 Å². The molecular weight excluding hydrogens is 844 g/mol. The third-order valence-electron chi connectivity index (χ3n) is 17.6. The van der Waals surface area contributed by atoms with E-state index in [1.165, 1.54) is 131 Å². The fourth-order valence-electron chi connectivity index (χ4n) is 12.8. The van der Waals surface area contributed by atoms with E-state index in [4.69, 9.17) is 0 Å². The quantitative estimate of drug-likeness (QED) is 0.162. The fraction of sp³-hybridized carbons (Fsp3) is 0.373. The second-order valence-corrected chi connectivity index (χ2v) is 26.4. The summed E-state index contributed by atoms with van der Waals surface area (Å²) in [5.74, 6) is 0. The molecule has 0 fully saturated rings. The Bertz CT molecular complexity index is 3240.